The van der Waals surface area contributed by atoms with Crippen molar-refractivity contribution in [2.45, 2.75) is 19.7 Å². The van der Waals surface area contributed by atoms with Crippen molar-refractivity contribution in [2.75, 3.05) is 0 Å². The first-order valence-electron chi connectivity index (χ1n) is 3.95. The Morgan fingerprint density at radius 1 is 1.54 bits per heavy atom. The number of halogens is 3. The minimum atomic E-state index is -4.58. The summed E-state index contributed by atoms with van der Waals surface area (Å²) >= 11 is 0. The van der Waals surface area contributed by atoms with Crippen molar-refractivity contribution in [3.8, 4) is 0 Å². The van der Waals surface area contributed by atoms with Gasteiger partial charge < -0.3 is 4.74 Å². The van der Waals surface area contributed by atoms with E-state index in [2.05, 4.69) is 4.74 Å². The van der Waals surface area contributed by atoms with Crippen LogP contribution in [0.2, 0.25) is 0 Å². The molecule has 1 unspecified atom stereocenters. The Kier molecular flexibility index (Phi) is 3.01. The van der Waals surface area contributed by atoms with Crippen LogP contribution >= 0.6 is 0 Å². The van der Waals surface area contributed by atoms with Crippen LogP contribution in [0.15, 0.2) is 24.0 Å². The van der Waals surface area contributed by atoms with Crippen LogP contribution in [0.4, 0.5) is 13.2 Å². The number of rotatable bonds is 2. The highest BCUT2D eigenvalue weighted by Crippen LogP contribution is 2.25. The summed E-state index contributed by atoms with van der Waals surface area (Å²) in [7, 11) is 0. The van der Waals surface area contributed by atoms with E-state index in [1.54, 1.807) is 6.08 Å². The van der Waals surface area contributed by atoms with E-state index in [-0.39, 0.29) is 11.7 Å². The molecule has 0 N–H and O–H groups in total. The molecule has 0 fully saturated rings. The molecule has 1 nitrogen and oxygen atoms in total. The Bertz CT molecular complexity index is 228. The lowest BCUT2D eigenvalue weighted by Crippen LogP contribution is -2.13. The van der Waals surface area contributed by atoms with E-state index in [4.69, 9.17) is 0 Å². The van der Waals surface area contributed by atoms with Crippen LogP contribution in [-0.2, 0) is 4.74 Å². The second-order valence-electron chi connectivity index (χ2n) is 2.75. The molecule has 1 aliphatic carbocycles. The molecule has 0 saturated heterocycles. The van der Waals surface area contributed by atoms with Crippen molar-refractivity contribution in [1.29, 1.82) is 0 Å². The Hall–Kier alpha value is -0.930. The maximum Gasteiger partial charge on any atom is 0.573 e. The van der Waals surface area contributed by atoms with Gasteiger partial charge in [-0.1, -0.05) is 13.0 Å². The predicted octanol–water partition coefficient (Wildman–Crippen LogP) is 3.21. The Labute approximate surface area is 74.9 Å². The lowest BCUT2D eigenvalue weighted by Gasteiger charge is -2.15. The number of ether oxygens (including phenoxy) is 1. The molecule has 0 heterocycles. The van der Waals surface area contributed by atoms with E-state index in [1.165, 1.54) is 12.2 Å². The fraction of sp³-hybridized carbons (Fsp3) is 0.444. The van der Waals surface area contributed by atoms with Crippen molar-refractivity contribution in [2.24, 2.45) is 5.92 Å². The molecule has 1 atom stereocenters. The van der Waals surface area contributed by atoms with Gasteiger partial charge in [0.15, 0.2) is 0 Å². The summed E-state index contributed by atoms with van der Waals surface area (Å²) < 4.78 is 38.9. The fourth-order valence-corrected chi connectivity index (χ4v) is 1.07. The zero-order valence-corrected chi connectivity index (χ0v) is 7.14. The molecule has 4 heteroatoms. The first-order chi connectivity index (χ1) is 6.01. The van der Waals surface area contributed by atoms with Gasteiger partial charge in [0.25, 0.3) is 0 Å². The smallest absolute Gasteiger partial charge is 0.406 e. The molecule has 0 aromatic heterocycles. The second-order valence-corrected chi connectivity index (χ2v) is 2.75. The third-order valence-electron chi connectivity index (χ3n) is 1.76. The van der Waals surface area contributed by atoms with Gasteiger partial charge in [-0.05, 0) is 30.9 Å². The van der Waals surface area contributed by atoms with E-state index < -0.39 is 6.36 Å². The van der Waals surface area contributed by atoms with Gasteiger partial charge in [0.1, 0.15) is 5.76 Å². The molecular formula is C9H10F3O. The van der Waals surface area contributed by atoms with Gasteiger partial charge in [0.05, 0.1) is 0 Å². The average Bonchev–Trinajstić information content (AvgIpc) is 2.03. The van der Waals surface area contributed by atoms with E-state index in [1.807, 2.05) is 13.3 Å². The quantitative estimate of drug-likeness (QED) is 0.651. The van der Waals surface area contributed by atoms with E-state index in [9.17, 15) is 13.2 Å². The summed E-state index contributed by atoms with van der Waals surface area (Å²) in [4.78, 5) is 0. The molecule has 0 spiro atoms. The molecule has 1 rings (SSSR count). The lowest BCUT2D eigenvalue weighted by atomic mass is 9.98. The molecule has 0 aromatic carbocycles. The molecule has 1 aliphatic rings. The largest absolute Gasteiger partial charge is 0.573 e. The van der Waals surface area contributed by atoms with Gasteiger partial charge >= 0.3 is 6.36 Å². The minimum Gasteiger partial charge on any atom is -0.406 e. The van der Waals surface area contributed by atoms with Crippen molar-refractivity contribution in [3.63, 3.8) is 0 Å². The predicted molar refractivity (Wildman–Crippen MR) is 42.4 cm³/mol. The Balaban J connectivity index is 2.48. The maximum absolute atomic E-state index is 11.7. The first kappa shape index (κ1) is 10.2. The number of allylic oxidation sites excluding steroid dienone is 3. The molecule has 0 aliphatic heterocycles. The van der Waals surface area contributed by atoms with Crippen LogP contribution < -0.4 is 0 Å². The SMILES string of the molecule is C[CH]C1C=CC(OC(F)(F)F)=CC1. The Morgan fingerprint density at radius 3 is 2.62 bits per heavy atom. The highest BCUT2D eigenvalue weighted by atomic mass is 19.4. The Morgan fingerprint density at radius 2 is 2.23 bits per heavy atom. The monoisotopic (exact) mass is 191 g/mol. The van der Waals surface area contributed by atoms with Crippen LogP contribution in [0, 0.1) is 12.3 Å². The van der Waals surface area contributed by atoms with Crippen LogP contribution in [0.1, 0.15) is 13.3 Å². The van der Waals surface area contributed by atoms with Gasteiger partial charge in [0.2, 0.25) is 0 Å². The summed E-state index contributed by atoms with van der Waals surface area (Å²) in [6.45, 7) is 1.87. The van der Waals surface area contributed by atoms with Gasteiger partial charge in [-0.15, -0.1) is 13.2 Å². The molecule has 13 heavy (non-hydrogen) atoms. The standard InChI is InChI=1S/C9H10F3O/c1-2-7-3-5-8(6-4-7)13-9(10,11)12/h2-3,5-7H,4H2,1H3. The van der Waals surface area contributed by atoms with E-state index in [0.717, 1.165) is 0 Å². The molecule has 0 amide bonds. The van der Waals surface area contributed by atoms with Crippen molar-refractivity contribution < 1.29 is 17.9 Å². The fourth-order valence-electron chi connectivity index (χ4n) is 1.07. The lowest BCUT2D eigenvalue weighted by molar-refractivity contribution is -0.303. The van der Waals surface area contributed by atoms with Crippen molar-refractivity contribution >= 4 is 0 Å². The van der Waals surface area contributed by atoms with Gasteiger partial charge in [-0.3, -0.25) is 0 Å². The van der Waals surface area contributed by atoms with Crippen molar-refractivity contribution in [1.82, 2.24) is 0 Å². The topological polar surface area (TPSA) is 9.23 Å². The number of hydrogen-bond donors (Lipinski definition) is 0. The molecule has 0 saturated carbocycles. The highest BCUT2D eigenvalue weighted by molar-refractivity contribution is 5.19. The summed E-state index contributed by atoms with van der Waals surface area (Å²) in [5.41, 5.74) is 0. The van der Waals surface area contributed by atoms with Crippen LogP contribution in [-0.4, -0.2) is 6.36 Å². The number of hydrogen-bond acceptors (Lipinski definition) is 1. The van der Waals surface area contributed by atoms with E-state index >= 15 is 0 Å². The zero-order valence-electron chi connectivity index (χ0n) is 7.14. The van der Waals surface area contributed by atoms with Gasteiger partial charge in [-0.25, -0.2) is 0 Å². The van der Waals surface area contributed by atoms with Gasteiger partial charge in [0, 0.05) is 0 Å². The van der Waals surface area contributed by atoms with E-state index in [0.29, 0.717) is 6.42 Å². The zero-order chi connectivity index (χ0) is 9.90. The summed E-state index contributed by atoms with van der Waals surface area (Å²) in [5.74, 6) is 0.103. The third kappa shape index (κ3) is 3.53. The molecular weight excluding hydrogens is 181 g/mol. The average molecular weight is 191 g/mol. The number of alkyl halides is 3. The molecule has 73 valence electrons. The van der Waals surface area contributed by atoms with Crippen LogP contribution in [0.25, 0.3) is 0 Å². The maximum atomic E-state index is 11.7. The third-order valence-corrected chi connectivity index (χ3v) is 1.76. The summed E-state index contributed by atoms with van der Waals surface area (Å²) in [6, 6.07) is 0. The van der Waals surface area contributed by atoms with Crippen molar-refractivity contribution in [3.05, 3.63) is 30.4 Å². The second kappa shape index (κ2) is 3.85. The normalized spacial score (nSPS) is 22.8. The van der Waals surface area contributed by atoms with Gasteiger partial charge in [-0.2, -0.15) is 0 Å². The van der Waals surface area contributed by atoms with Crippen LogP contribution in [0.5, 0.6) is 0 Å². The first-order valence-corrected chi connectivity index (χ1v) is 3.95. The summed E-state index contributed by atoms with van der Waals surface area (Å²) in [5, 5.41) is 0. The highest BCUT2D eigenvalue weighted by Gasteiger charge is 2.31. The molecule has 1 radical (unpaired) electrons. The van der Waals surface area contributed by atoms with Crippen LogP contribution in [0.3, 0.4) is 0 Å². The minimum absolute atomic E-state index is 0.120. The summed E-state index contributed by atoms with van der Waals surface area (Å²) in [6.07, 6.45) is 2.40. The molecule has 0 bridgehead atoms. The molecule has 0 aromatic rings.